The van der Waals surface area contributed by atoms with Crippen LogP contribution in [0.4, 0.5) is 16.2 Å². The fourth-order valence-corrected chi connectivity index (χ4v) is 3.60. The molecular formula is C21H23ClN2O3. The SMILES string of the molecule is CCC1CN(C(=O)c2ccc(Cl)c(C)c2)c2cc(C)c(C)cc2N1C(=O)O. The Bertz CT molecular complexity index is 926. The van der Waals surface area contributed by atoms with E-state index in [0.29, 0.717) is 34.9 Å². The van der Waals surface area contributed by atoms with Crippen LogP contribution >= 0.6 is 11.6 Å². The van der Waals surface area contributed by atoms with Crippen molar-refractivity contribution in [2.45, 2.75) is 40.2 Å². The van der Waals surface area contributed by atoms with E-state index in [2.05, 4.69) is 0 Å². The van der Waals surface area contributed by atoms with Gasteiger partial charge in [0.1, 0.15) is 0 Å². The second kappa shape index (κ2) is 7.24. The van der Waals surface area contributed by atoms with Crippen molar-refractivity contribution in [1.82, 2.24) is 0 Å². The van der Waals surface area contributed by atoms with Crippen LogP contribution in [0, 0.1) is 20.8 Å². The maximum Gasteiger partial charge on any atom is 0.412 e. The van der Waals surface area contributed by atoms with Crippen LogP contribution in [0.15, 0.2) is 30.3 Å². The summed E-state index contributed by atoms with van der Waals surface area (Å²) in [5, 5.41) is 10.4. The van der Waals surface area contributed by atoms with Crippen LogP contribution in [0.3, 0.4) is 0 Å². The zero-order valence-electron chi connectivity index (χ0n) is 15.9. The summed E-state index contributed by atoms with van der Waals surface area (Å²) in [4.78, 5) is 28.3. The van der Waals surface area contributed by atoms with E-state index in [1.165, 1.54) is 4.90 Å². The van der Waals surface area contributed by atoms with Crippen LogP contribution in [0.2, 0.25) is 5.02 Å². The summed E-state index contributed by atoms with van der Waals surface area (Å²) in [5.41, 5.74) is 4.56. The van der Waals surface area contributed by atoms with Gasteiger partial charge in [-0.3, -0.25) is 9.69 Å². The van der Waals surface area contributed by atoms with Gasteiger partial charge in [0.25, 0.3) is 5.91 Å². The molecule has 1 atom stereocenters. The second-order valence-electron chi connectivity index (χ2n) is 7.02. The number of anilines is 2. The average molecular weight is 387 g/mol. The van der Waals surface area contributed by atoms with Gasteiger partial charge in [0.05, 0.1) is 17.4 Å². The number of benzene rings is 2. The third-order valence-corrected chi connectivity index (χ3v) is 5.65. The van der Waals surface area contributed by atoms with Crippen LogP contribution < -0.4 is 9.80 Å². The van der Waals surface area contributed by atoms with Crippen molar-refractivity contribution in [2.24, 2.45) is 0 Å². The molecule has 1 heterocycles. The summed E-state index contributed by atoms with van der Waals surface area (Å²) >= 11 is 6.09. The molecule has 0 aliphatic carbocycles. The van der Waals surface area contributed by atoms with Gasteiger partial charge in [-0.15, -0.1) is 0 Å². The first kappa shape index (κ1) is 19.2. The fraction of sp³-hybridized carbons (Fsp3) is 0.333. The lowest BCUT2D eigenvalue weighted by atomic mass is 9.99. The number of hydrogen-bond donors (Lipinski definition) is 1. The van der Waals surface area contributed by atoms with Gasteiger partial charge in [0.15, 0.2) is 0 Å². The van der Waals surface area contributed by atoms with E-state index in [1.807, 2.05) is 39.8 Å². The Labute approximate surface area is 164 Å². The molecule has 1 aliphatic rings. The molecule has 2 amide bonds. The quantitative estimate of drug-likeness (QED) is 0.772. The number of hydrogen-bond acceptors (Lipinski definition) is 2. The summed E-state index contributed by atoms with van der Waals surface area (Å²) in [6.45, 7) is 8.01. The third kappa shape index (κ3) is 3.39. The molecule has 1 unspecified atom stereocenters. The highest BCUT2D eigenvalue weighted by atomic mass is 35.5. The van der Waals surface area contributed by atoms with Gasteiger partial charge in [0.2, 0.25) is 0 Å². The van der Waals surface area contributed by atoms with E-state index < -0.39 is 6.09 Å². The van der Waals surface area contributed by atoms with Crippen molar-refractivity contribution in [3.05, 3.63) is 57.6 Å². The van der Waals surface area contributed by atoms with Gasteiger partial charge >= 0.3 is 6.09 Å². The molecule has 0 fully saturated rings. The number of aryl methyl sites for hydroxylation is 3. The van der Waals surface area contributed by atoms with Gasteiger partial charge in [-0.05, 0) is 74.2 Å². The summed E-state index contributed by atoms with van der Waals surface area (Å²) < 4.78 is 0. The van der Waals surface area contributed by atoms with Crippen LogP contribution in [-0.4, -0.2) is 29.7 Å². The highest BCUT2D eigenvalue weighted by molar-refractivity contribution is 6.31. The second-order valence-corrected chi connectivity index (χ2v) is 7.43. The van der Waals surface area contributed by atoms with E-state index in [1.54, 1.807) is 23.1 Å². The van der Waals surface area contributed by atoms with Crippen molar-refractivity contribution in [1.29, 1.82) is 0 Å². The normalized spacial score (nSPS) is 16.3. The summed E-state index contributed by atoms with van der Waals surface area (Å²) in [5.74, 6) is -0.150. The topological polar surface area (TPSA) is 60.9 Å². The molecule has 2 aromatic carbocycles. The third-order valence-electron chi connectivity index (χ3n) is 5.23. The van der Waals surface area contributed by atoms with E-state index in [9.17, 15) is 14.7 Å². The smallest absolute Gasteiger partial charge is 0.412 e. The van der Waals surface area contributed by atoms with Crippen molar-refractivity contribution in [3.63, 3.8) is 0 Å². The molecular weight excluding hydrogens is 364 g/mol. The molecule has 3 rings (SSSR count). The molecule has 1 N–H and O–H groups in total. The highest BCUT2D eigenvalue weighted by Crippen LogP contribution is 2.39. The highest BCUT2D eigenvalue weighted by Gasteiger charge is 2.37. The minimum absolute atomic E-state index is 0.150. The number of rotatable bonds is 2. The first-order chi connectivity index (χ1) is 12.7. The maximum atomic E-state index is 13.3. The number of carbonyl (C=O) groups is 2. The first-order valence-electron chi connectivity index (χ1n) is 8.96. The number of fused-ring (bicyclic) bond motifs is 1. The van der Waals surface area contributed by atoms with Crippen LogP contribution in [0.25, 0.3) is 0 Å². The monoisotopic (exact) mass is 386 g/mol. The van der Waals surface area contributed by atoms with E-state index >= 15 is 0 Å². The van der Waals surface area contributed by atoms with E-state index in [0.717, 1.165) is 16.7 Å². The van der Waals surface area contributed by atoms with Gasteiger partial charge in [-0.2, -0.15) is 0 Å². The van der Waals surface area contributed by atoms with Crippen LogP contribution in [-0.2, 0) is 0 Å². The predicted octanol–water partition coefficient (Wildman–Crippen LogP) is 5.19. The Morgan fingerprint density at radius 2 is 1.70 bits per heavy atom. The molecule has 0 radical (unpaired) electrons. The Hall–Kier alpha value is -2.53. The van der Waals surface area contributed by atoms with Crippen molar-refractivity contribution in [2.75, 3.05) is 16.3 Å². The maximum absolute atomic E-state index is 13.3. The molecule has 6 heteroatoms. The Balaban J connectivity index is 2.14. The number of amides is 2. The minimum atomic E-state index is -0.999. The van der Waals surface area contributed by atoms with Crippen molar-refractivity contribution >= 4 is 35.0 Å². The molecule has 0 aromatic heterocycles. The standard InChI is InChI=1S/C21H23ClN2O3/c1-5-16-11-23(20(25)15-6-7-17(22)14(4)8-15)18-9-12(2)13(3)10-19(18)24(16)21(26)27/h6-10,16H,5,11H2,1-4H3,(H,26,27). The summed E-state index contributed by atoms with van der Waals surface area (Å²) in [6.07, 6.45) is -0.386. The molecule has 0 spiro atoms. The number of carboxylic acid groups (broad SMARTS) is 1. The minimum Gasteiger partial charge on any atom is -0.465 e. The number of carbonyl (C=O) groups excluding carboxylic acids is 1. The lowest BCUT2D eigenvalue weighted by Crippen LogP contribution is -2.52. The lowest BCUT2D eigenvalue weighted by molar-refractivity contribution is 0.0982. The largest absolute Gasteiger partial charge is 0.465 e. The van der Waals surface area contributed by atoms with Gasteiger partial charge in [-0.1, -0.05) is 18.5 Å². The lowest BCUT2D eigenvalue weighted by Gasteiger charge is -2.41. The summed E-state index contributed by atoms with van der Waals surface area (Å²) in [6, 6.07) is 8.66. The van der Waals surface area contributed by atoms with Crippen molar-refractivity contribution in [3.8, 4) is 0 Å². The number of halogens is 1. The van der Waals surface area contributed by atoms with Crippen LogP contribution in [0.5, 0.6) is 0 Å². The molecule has 0 bridgehead atoms. The van der Waals surface area contributed by atoms with Gasteiger partial charge < -0.3 is 10.0 Å². The van der Waals surface area contributed by atoms with E-state index in [4.69, 9.17) is 11.6 Å². The molecule has 0 saturated heterocycles. The molecule has 5 nitrogen and oxygen atoms in total. The first-order valence-corrected chi connectivity index (χ1v) is 9.33. The average Bonchev–Trinajstić information content (AvgIpc) is 2.63. The Kier molecular flexibility index (Phi) is 5.16. The molecule has 27 heavy (non-hydrogen) atoms. The fourth-order valence-electron chi connectivity index (χ4n) is 3.48. The molecule has 2 aromatic rings. The number of nitrogens with zero attached hydrogens (tertiary/aromatic N) is 2. The zero-order chi connectivity index (χ0) is 19.9. The van der Waals surface area contributed by atoms with Crippen LogP contribution in [0.1, 0.15) is 40.4 Å². The molecule has 1 aliphatic heterocycles. The predicted molar refractivity (Wildman–Crippen MR) is 108 cm³/mol. The van der Waals surface area contributed by atoms with E-state index in [-0.39, 0.29) is 11.9 Å². The molecule has 142 valence electrons. The Morgan fingerprint density at radius 1 is 1.07 bits per heavy atom. The Morgan fingerprint density at radius 3 is 2.26 bits per heavy atom. The molecule has 0 saturated carbocycles. The zero-order valence-corrected chi connectivity index (χ0v) is 16.7. The van der Waals surface area contributed by atoms with Crippen molar-refractivity contribution < 1.29 is 14.7 Å². The van der Waals surface area contributed by atoms with Gasteiger partial charge in [0, 0.05) is 17.1 Å². The van der Waals surface area contributed by atoms with Gasteiger partial charge in [-0.25, -0.2) is 4.79 Å². The summed E-state index contributed by atoms with van der Waals surface area (Å²) in [7, 11) is 0.